The van der Waals surface area contributed by atoms with E-state index in [1.54, 1.807) is 31.4 Å². The number of imide groups is 1. The summed E-state index contributed by atoms with van der Waals surface area (Å²) in [4.78, 5) is 41.9. The van der Waals surface area contributed by atoms with Crippen LogP contribution in [-0.2, 0) is 9.59 Å². The minimum atomic E-state index is -0.193. The van der Waals surface area contributed by atoms with Crippen molar-refractivity contribution in [3.63, 3.8) is 0 Å². The van der Waals surface area contributed by atoms with Gasteiger partial charge in [-0.1, -0.05) is 0 Å². The normalized spacial score (nSPS) is 17.0. The number of rotatable bonds is 7. The lowest BCUT2D eigenvalue weighted by Crippen LogP contribution is -2.49. The highest BCUT2D eigenvalue weighted by atomic mass is 16.5. The maximum absolute atomic E-state index is 12.8. The largest absolute Gasteiger partial charge is 0.497 e. The number of carbonyl (C=O) groups excluding carboxylic acids is 3. The molecule has 2 heterocycles. The second kappa shape index (κ2) is 9.82. The predicted molar refractivity (Wildman–Crippen MR) is 119 cm³/mol. The first-order chi connectivity index (χ1) is 15.5. The lowest BCUT2D eigenvalue weighted by molar-refractivity contribution is -0.121. The standard InChI is InChI=1S/C24H27N3O5/c1-31-20-6-8-21(9-7-20)32-17-16-25-12-14-26(15-13-25)24(30)18-2-4-19(5-3-18)27-22(28)10-11-23(27)29/h2-9H,10-17H2,1H3. The molecule has 32 heavy (non-hydrogen) atoms. The Bertz CT molecular complexity index is 950. The number of anilines is 1. The van der Waals surface area contributed by atoms with Crippen LogP contribution in [0, 0.1) is 0 Å². The Balaban J connectivity index is 1.23. The van der Waals surface area contributed by atoms with Crippen molar-refractivity contribution in [3.05, 3.63) is 54.1 Å². The number of piperazine rings is 1. The Labute approximate surface area is 187 Å². The number of benzene rings is 2. The molecule has 4 rings (SSSR count). The SMILES string of the molecule is COc1ccc(OCCN2CCN(C(=O)c3ccc(N4C(=O)CCC4=O)cc3)CC2)cc1. The summed E-state index contributed by atoms with van der Waals surface area (Å²) < 4.78 is 10.9. The highest BCUT2D eigenvalue weighted by Crippen LogP contribution is 2.23. The highest BCUT2D eigenvalue weighted by Gasteiger charge is 2.30. The molecule has 2 saturated heterocycles. The van der Waals surface area contributed by atoms with Crippen LogP contribution in [0.25, 0.3) is 0 Å². The van der Waals surface area contributed by atoms with E-state index in [2.05, 4.69) is 4.90 Å². The van der Waals surface area contributed by atoms with Crippen molar-refractivity contribution >= 4 is 23.4 Å². The van der Waals surface area contributed by atoms with Crippen LogP contribution in [0.2, 0.25) is 0 Å². The number of carbonyl (C=O) groups is 3. The molecule has 0 aromatic heterocycles. The van der Waals surface area contributed by atoms with Crippen LogP contribution in [0.3, 0.4) is 0 Å². The first-order valence-corrected chi connectivity index (χ1v) is 10.8. The predicted octanol–water partition coefficient (Wildman–Crippen LogP) is 2.19. The second-order valence-electron chi connectivity index (χ2n) is 7.83. The van der Waals surface area contributed by atoms with Gasteiger partial charge in [0.25, 0.3) is 5.91 Å². The molecule has 0 saturated carbocycles. The Morgan fingerprint density at radius 1 is 0.844 bits per heavy atom. The summed E-state index contributed by atoms with van der Waals surface area (Å²) >= 11 is 0. The molecule has 0 atom stereocenters. The van der Waals surface area contributed by atoms with Crippen LogP contribution in [0.1, 0.15) is 23.2 Å². The van der Waals surface area contributed by atoms with Crippen molar-refractivity contribution in [1.82, 2.24) is 9.80 Å². The van der Waals surface area contributed by atoms with Crippen LogP contribution >= 0.6 is 0 Å². The lowest BCUT2D eigenvalue weighted by Gasteiger charge is -2.34. The summed E-state index contributed by atoms with van der Waals surface area (Å²) in [5.41, 5.74) is 1.08. The monoisotopic (exact) mass is 437 g/mol. The average molecular weight is 437 g/mol. The fraction of sp³-hybridized carbons (Fsp3) is 0.375. The van der Waals surface area contributed by atoms with Crippen molar-refractivity contribution in [2.45, 2.75) is 12.8 Å². The Hall–Kier alpha value is -3.39. The zero-order valence-electron chi connectivity index (χ0n) is 18.2. The molecule has 2 aromatic carbocycles. The number of nitrogens with zero attached hydrogens (tertiary/aromatic N) is 3. The van der Waals surface area contributed by atoms with E-state index in [0.717, 1.165) is 31.1 Å². The van der Waals surface area contributed by atoms with Gasteiger partial charge in [0.2, 0.25) is 11.8 Å². The fourth-order valence-corrected chi connectivity index (χ4v) is 3.94. The van der Waals surface area contributed by atoms with Crippen LogP contribution < -0.4 is 14.4 Å². The van der Waals surface area contributed by atoms with Crippen LogP contribution in [0.5, 0.6) is 11.5 Å². The van der Waals surface area contributed by atoms with E-state index in [0.29, 0.717) is 30.9 Å². The number of hydrogen-bond acceptors (Lipinski definition) is 6. The molecular formula is C24H27N3O5. The van der Waals surface area contributed by atoms with Crippen LogP contribution in [0.4, 0.5) is 5.69 Å². The van der Waals surface area contributed by atoms with Crippen molar-refractivity contribution in [2.24, 2.45) is 0 Å². The molecule has 0 bridgehead atoms. The maximum atomic E-state index is 12.8. The zero-order chi connectivity index (χ0) is 22.5. The second-order valence-corrected chi connectivity index (χ2v) is 7.83. The topological polar surface area (TPSA) is 79.4 Å². The van der Waals surface area contributed by atoms with Gasteiger partial charge in [-0.15, -0.1) is 0 Å². The third-order valence-corrected chi connectivity index (χ3v) is 5.82. The van der Waals surface area contributed by atoms with Gasteiger partial charge in [-0.3, -0.25) is 24.2 Å². The molecule has 0 unspecified atom stereocenters. The van der Waals surface area contributed by atoms with Gasteiger partial charge in [-0.2, -0.15) is 0 Å². The molecule has 8 heteroatoms. The molecule has 2 fully saturated rings. The van der Waals surface area contributed by atoms with Gasteiger partial charge in [-0.25, -0.2) is 0 Å². The van der Waals surface area contributed by atoms with Gasteiger partial charge in [0, 0.05) is 51.1 Å². The van der Waals surface area contributed by atoms with Crippen LogP contribution in [0.15, 0.2) is 48.5 Å². The quantitative estimate of drug-likeness (QED) is 0.618. The minimum Gasteiger partial charge on any atom is -0.497 e. The first-order valence-electron chi connectivity index (χ1n) is 10.8. The summed E-state index contributed by atoms with van der Waals surface area (Å²) in [5, 5.41) is 0. The Morgan fingerprint density at radius 3 is 2.03 bits per heavy atom. The average Bonchev–Trinajstić information content (AvgIpc) is 3.17. The van der Waals surface area contributed by atoms with Gasteiger partial charge in [0.1, 0.15) is 18.1 Å². The van der Waals surface area contributed by atoms with E-state index in [-0.39, 0.29) is 30.6 Å². The van der Waals surface area contributed by atoms with Gasteiger partial charge < -0.3 is 14.4 Å². The van der Waals surface area contributed by atoms with Gasteiger partial charge in [0.15, 0.2) is 0 Å². The third-order valence-electron chi connectivity index (χ3n) is 5.82. The van der Waals surface area contributed by atoms with Crippen molar-refractivity contribution in [1.29, 1.82) is 0 Å². The molecular weight excluding hydrogens is 410 g/mol. The molecule has 2 aliphatic heterocycles. The van der Waals surface area contributed by atoms with E-state index in [4.69, 9.17) is 9.47 Å². The fourth-order valence-electron chi connectivity index (χ4n) is 3.94. The first kappa shape index (κ1) is 21.8. The summed E-state index contributed by atoms with van der Waals surface area (Å²) in [6.07, 6.45) is 0.490. The third kappa shape index (κ3) is 4.91. The molecule has 2 aromatic rings. The maximum Gasteiger partial charge on any atom is 0.253 e. The number of ether oxygens (including phenoxy) is 2. The summed E-state index contributed by atoms with van der Waals surface area (Å²) in [5.74, 6) is 1.18. The summed E-state index contributed by atoms with van der Waals surface area (Å²) in [6, 6.07) is 14.2. The van der Waals surface area contributed by atoms with Crippen LogP contribution in [-0.4, -0.2) is 74.0 Å². The van der Waals surface area contributed by atoms with Crippen molar-refractivity contribution in [2.75, 3.05) is 51.3 Å². The minimum absolute atomic E-state index is 0.0373. The molecule has 0 radical (unpaired) electrons. The Kier molecular flexibility index (Phi) is 6.70. The van der Waals surface area contributed by atoms with Gasteiger partial charge in [-0.05, 0) is 48.5 Å². The molecule has 168 valence electrons. The lowest BCUT2D eigenvalue weighted by atomic mass is 10.1. The van der Waals surface area contributed by atoms with Gasteiger partial charge in [0.05, 0.1) is 12.8 Å². The van der Waals surface area contributed by atoms with Crippen molar-refractivity contribution < 1.29 is 23.9 Å². The summed E-state index contributed by atoms with van der Waals surface area (Å²) in [6.45, 7) is 4.23. The Morgan fingerprint density at radius 2 is 1.44 bits per heavy atom. The van der Waals surface area contributed by atoms with E-state index in [9.17, 15) is 14.4 Å². The van der Waals surface area contributed by atoms with E-state index >= 15 is 0 Å². The molecule has 8 nitrogen and oxygen atoms in total. The molecule has 3 amide bonds. The van der Waals surface area contributed by atoms with E-state index < -0.39 is 0 Å². The smallest absolute Gasteiger partial charge is 0.253 e. The van der Waals surface area contributed by atoms with Crippen molar-refractivity contribution in [3.8, 4) is 11.5 Å². The highest BCUT2D eigenvalue weighted by molar-refractivity contribution is 6.19. The number of hydrogen-bond donors (Lipinski definition) is 0. The zero-order valence-corrected chi connectivity index (χ0v) is 18.2. The van der Waals surface area contributed by atoms with E-state index in [1.807, 2.05) is 29.2 Å². The summed E-state index contributed by atoms with van der Waals surface area (Å²) in [7, 11) is 1.63. The van der Waals surface area contributed by atoms with E-state index in [1.165, 1.54) is 4.90 Å². The number of methoxy groups -OCH3 is 1. The molecule has 0 aliphatic carbocycles. The van der Waals surface area contributed by atoms with Gasteiger partial charge >= 0.3 is 0 Å². The molecule has 2 aliphatic rings. The molecule has 0 N–H and O–H groups in total. The number of amides is 3. The molecule has 0 spiro atoms.